The van der Waals surface area contributed by atoms with Crippen molar-refractivity contribution in [2.75, 3.05) is 0 Å². The molecule has 2 aromatic rings. The van der Waals surface area contributed by atoms with Crippen molar-refractivity contribution < 1.29 is 0 Å². The molecule has 0 nitrogen and oxygen atoms in total. The van der Waals surface area contributed by atoms with Gasteiger partial charge in [0.15, 0.2) is 0 Å². The van der Waals surface area contributed by atoms with E-state index in [0.29, 0.717) is 0 Å². The summed E-state index contributed by atoms with van der Waals surface area (Å²) in [5, 5.41) is 0. The third-order valence-electron chi connectivity index (χ3n) is 1.87. The lowest BCUT2D eigenvalue weighted by Gasteiger charge is -2.02. The fraction of sp³-hybridized carbons (Fsp3) is 0. The molecule has 82 valence electrons. The van der Waals surface area contributed by atoms with Crippen LogP contribution < -0.4 is 0 Å². The minimum Gasteiger partial charge on any atom is -0.143 e. The summed E-state index contributed by atoms with van der Waals surface area (Å²) < 4.78 is 0. The molecule has 0 radical (unpaired) electrons. The van der Waals surface area contributed by atoms with Gasteiger partial charge in [0.2, 0.25) is 0 Å². The zero-order valence-electron chi connectivity index (χ0n) is 8.33. The molecule has 0 aromatic heterocycles. The Balaban J connectivity index is 2.02. The Hall–Kier alpha value is -0.160. The topological polar surface area (TPSA) is 0 Å². The molecule has 0 saturated heterocycles. The summed E-state index contributed by atoms with van der Waals surface area (Å²) in [7, 11) is 3.46. The second-order valence-electron chi connectivity index (χ2n) is 3.16. The molecule has 0 atom stereocenters. The zero-order valence-corrected chi connectivity index (χ0v) is 11.8. The molecular weight excluding hydrogens is 272 g/mol. The average molecular weight is 282 g/mol. The zero-order chi connectivity index (χ0) is 11.4. The second-order valence-corrected chi connectivity index (χ2v) is 6.47. The third kappa shape index (κ3) is 3.70. The molecule has 0 aliphatic rings. The fourth-order valence-electron chi connectivity index (χ4n) is 1.17. The fourth-order valence-corrected chi connectivity index (χ4v) is 3.80. The van der Waals surface area contributed by atoms with E-state index in [0.717, 1.165) is 9.79 Å². The maximum Gasteiger partial charge on any atom is 0.0197 e. The molecule has 0 amide bonds. The van der Waals surface area contributed by atoms with Crippen molar-refractivity contribution in [1.29, 1.82) is 0 Å². The van der Waals surface area contributed by atoms with Crippen LogP contribution in [0.25, 0.3) is 0 Å². The van der Waals surface area contributed by atoms with Gasteiger partial charge in [0.1, 0.15) is 0 Å². The van der Waals surface area contributed by atoms with E-state index in [2.05, 4.69) is 49.5 Å². The van der Waals surface area contributed by atoms with Crippen molar-refractivity contribution in [2.45, 2.75) is 19.6 Å². The molecule has 0 aliphatic carbocycles. The van der Waals surface area contributed by atoms with Crippen LogP contribution >= 0.6 is 46.8 Å². The van der Waals surface area contributed by atoms with E-state index in [4.69, 9.17) is 0 Å². The number of hydrogen-bond donors (Lipinski definition) is 2. The van der Waals surface area contributed by atoms with Crippen molar-refractivity contribution in [3.63, 3.8) is 0 Å². The van der Waals surface area contributed by atoms with Gasteiger partial charge in [-0.3, -0.25) is 0 Å². The van der Waals surface area contributed by atoms with Gasteiger partial charge < -0.3 is 0 Å². The van der Waals surface area contributed by atoms with Crippen LogP contribution in [0.1, 0.15) is 0 Å². The SMILES string of the molecule is Sc1cccc(SSc2cccc(S)c2)c1. The lowest BCUT2D eigenvalue weighted by atomic mass is 10.4. The lowest BCUT2D eigenvalue weighted by molar-refractivity contribution is 1.34. The minimum absolute atomic E-state index is 0.994. The normalized spacial score (nSPS) is 10.4. The number of hydrogen-bond acceptors (Lipinski definition) is 4. The van der Waals surface area contributed by atoms with Crippen LogP contribution in [0, 0.1) is 0 Å². The highest BCUT2D eigenvalue weighted by atomic mass is 33.1. The van der Waals surface area contributed by atoms with Gasteiger partial charge in [-0.05, 0) is 36.4 Å². The Kier molecular flexibility index (Phi) is 4.58. The summed E-state index contributed by atoms with van der Waals surface area (Å²) in [6.07, 6.45) is 0. The maximum atomic E-state index is 4.32. The van der Waals surface area contributed by atoms with Gasteiger partial charge in [0, 0.05) is 19.6 Å². The first-order valence-electron chi connectivity index (χ1n) is 4.66. The van der Waals surface area contributed by atoms with Crippen LogP contribution in [-0.2, 0) is 0 Å². The van der Waals surface area contributed by atoms with Gasteiger partial charge in [-0.25, -0.2) is 0 Å². The molecule has 0 bridgehead atoms. The lowest BCUT2D eigenvalue weighted by Crippen LogP contribution is -1.71. The number of rotatable bonds is 3. The Morgan fingerprint density at radius 2 is 1.12 bits per heavy atom. The molecule has 16 heavy (non-hydrogen) atoms. The molecule has 4 heteroatoms. The Morgan fingerprint density at radius 3 is 1.50 bits per heavy atom. The maximum absolute atomic E-state index is 4.32. The molecule has 0 N–H and O–H groups in total. The number of thiol groups is 2. The van der Waals surface area contributed by atoms with E-state index >= 15 is 0 Å². The van der Waals surface area contributed by atoms with Crippen LogP contribution in [0.15, 0.2) is 68.1 Å². The van der Waals surface area contributed by atoms with Gasteiger partial charge in [-0.1, -0.05) is 33.7 Å². The Morgan fingerprint density at radius 1 is 0.688 bits per heavy atom. The van der Waals surface area contributed by atoms with Crippen LogP contribution in [-0.4, -0.2) is 0 Å². The number of benzene rings is 2. The molecule has 0 saturated carbocycles. The molecule has 0 unspecified atom stereocenters. The average Bonchev–Trinajstić information content (AvgIpc) is 2.27. The largest absolute Gasteiger partial charge is 0.143 e. The standard InChI is InChI=1S/C12H10S4/c13-9-3-1-5-11(7-9)15-16-12-6-2-4-10(14)8-12/h1-8,13-14H. The van der Waals surface area contributed by atoms with Crippen LogP contribution in [0.4, 0.5) is 0 Å². The first-order chi connectivity index (χ1) is 7.74. The summed E-state index contributed by atoms with van der Waals surface area (Å²) in [5.41, 5.74) is 0. The highest BCUT2D eigenvalue weighted by Crippen LogP contribution is 2.38. The van der Waals surface area contributed by atoms with Crippen molar-refractivity contribution in [3.8, 4) is 0 Å². The predicted molar refractivity (Wildman–Crippen MR) is 79.1 cm³/mol. The Labute approximate surface area is 114 Å². The van der Waals surface area contributed by atoms with Crippen molar-refractivity contribution in [2.24, 2.45) is 0 Å². The van der Waals surface area contributed by atoms with Gasteiger partial charge in [-0.15, -0.1) is 25.3 Å². The van der Waals surface area contributed by atoms with Crippen molar-refractivity contribution in [3.05, 3.63) is 48.5 Å². The highest BCUT2D eigenvalue weighted by Gasteiger charge is 1.98. The first kappa shape index (κ1) is 12.3. The van der Waals surface area contributed by atoms with Crippen LogP contribution in [0.5, 0.6) is 0 Å². The van der Waals surface area contributed by atoms with Gasteiger partial charge in [0.25, 0.3) is 0 Å². The van der Waals surface area contributed by atoms with Crippen LogP contribution in [0.2, 0.25) is 0 Å². The molecular formula is C12H10S4. The smallest absolute Gasteiger partial charge is 0.0197 e. The highest BCUT2D eigenvalue weighted by molar-refractivity contribution is 8.76. The molecule has 0 aliphatic heterocycles. The first-order valence-corrected chi connectivity index (χ1v) is 7.71. The van der Waals surface area contributed by atoms with E-state index in [9.17, 15) is 0 Å². The minimum atomic E-state index is 0.994. The summed E-state index contributed by atoms with van der Waals surface area (Å²) in [6.45, 7) is 0. The van der Waals surface area contributed by atoms with Gasteiger partial charge >= 0.3 is 0 Å². The summed E-state index contributed by atoms with van der Waals surface area (Å²) in [4.78, 5) is 4.41. The van der Waals surface area contributed by atoms with Gasteiger partial charge in [-0.2, -0.15) is 0 Å². The Bertz CT molecular complexity index is 436. The summed E-state index contributed by atoms with van der Waals surface area (Å²) in [6, 6.07) is 16.3. The second kappa shape index (κ2) is 5.96. The van der Waals surface area contributed by atoms with E-state index < -0.39 is 0 Å². The van der Waals surface area contributed by atoms with Crippen LogP contribution in [0.3, 0.4) is 0 Å². The molecule has 2 aromatic carbocycles. The molecule has 0 heterocycles. The summed E-state index contributed by atoms with van der Waals surface area (Å²) >= 11 is 8.63. The van der Waals surface area contributed by atoms with Crippen molar-refractivity contribution in [1.82, 2.24) is 0 Å². The molecule has 2 rings (SSSR count). The summed E-state index contributed by atoms with van der Waals surface area (Å²) in [5.74, 6) is 0. The molecule has 0 fully saturated rings. The quantitative estimate of drug-likeness (QED) is 0.596. The third-order valence-corrected chi connectivity index (χ3v) is 4.81. The predicted octanol–water partition coefficient (Wildman–Crippen LogP) is 5.06. The molecule has 0 spiro atoms. The van der Waals surface area contributed by atoms with Crippen molar-refractivity contribution >= 4 is 46.8 Å². The van der Waals surface area contributed by atoms with E-state index in [1.54, 1.807) is 21.6 Å². The van der Waals surface area contributed by atoms with Gasteiger partial charge in [0.05, 0.1) is 0 Å². The van der Waals surface area contributed by atoms with E-state index in [1.165, 1.54) is 9.79 Å². The van der Waals surface area contributed by atoms with E-state index in [1.807, 2.05) is 24.3 Å². The monoisotopic (exact) mass is 282 g/mol. The van der Waals surface area contributed by atoms with E-state index in [-0.39, 0.29) is 0 Å².